The molecule has 0 aliphatic carbocycles. The molecule has 0 saturated carbocycles. The first kappa shape index (κ1) is 10.1. The van der Waals surface area contributed by atoms with E-state index in [4.69, 9.17) is 9.46 Å². The van der Waals surface area contributed by atoms with Crippen molar-refractivity contribution in [3.63, 3.8) is 0 Å². The SMILES string of the molecule is CCCCOO[Si](C)(C)C. The van der Waals surface area contributed by atoms with Crippen molar-refractivity contribution in [2.24, 2.45) is 0 Å². The minimum Gasteiger partial charge on any atom is -0.287 e. The van der Waals surface area contributed by atoms with Crippen LogP contribution in [0.1, 0.15) is 19.8 Å². The molecule has 0 N–H and O–H groups in total. The van der Waals surface area contributed by atoms with Crippen molar-refractivity contribution >= 4 is 8.32 Å². The van der Waals surface area contributed by atoms with Gasteiger partial charge in [-0.2, -0.15) is 0 Å². The second kappa shape index (κ2) is 4.88. The maximum Gasteiger partial charge on any atom is 0.230 e. The predicted molar refractivity (Wildman–Crippen MR) is 45.3 cm³/mol. The van der Waals surface area contributed by atoms with Crippen LogP contribution < -0.4 is 0 Å². The third-order valence-electron chi connectivity index (χ3n) is 0.890. The van der Waals surface area contributed by atoms with Crippen LogP contribution in [0.2, 0.25) is 19.6 Å². The third kappa shape index (κ3) is 8.14. The summed E-state index contributed by atoms with van der Waals surface area (Å²) in [7, 11) is -1.43. The van der Waals surface area contributed by atoms with E-state index < -0.39 is 8.32 Å². The predicted octanol–water partition coefficient (Wildman–Crippen LogP) is 2.57. The van der Waals surface area contributed by atoms with Crippen molar-refractivity contribution in [1.29, 1.82) is 0 Å². The van der Waals surface area contributed by atoms with Crippen LogP contribution in [0.25, 0.3) is 0 Å². The second-order valence-electron chi connectivity index (χ2n) is 3.37. The summed E-state index contributed by atoms with van der Waals surface area (Å²) in [4.78, 5) is 5.00. The minimum atomic E-state index is -1.43. The highest BCUT2D eigenvalue weighted by Crippen LogP contribution is 2.03. The molecule has 0 spiro atoms. The van der Waals surface area contributed by atoms with Gasteiger partial charge >= 0.3 is 0 Å². The Hall–Kier alpha value is 0.137. The van der Waals surface area contributed by atoms with Crippen LogP contribution in [-0.4, -0.2) is 14.9 Å². The Balaban J connectivity index is 3.04. The Morgan fingerprint density at radius 3 is 2.20 bits per heavy atom. The smallest absolute Gasteiger partial charge is 0.230 e. The van der Waals surface area contributed by atoms with Crippen molar-refractivity contribution < 1.29 is 9.46 Å². The fourth-order valence-corrected chi connectivity index (χ4v) is 0.859. The number of hydrogen-bond acceptors (Lipinski definition) is 2. The standard InChI is InChI=1S/C7H18O2Si/c1-5-6-7-8-9-10(2,3)4/h5-7H2,1-4H3. The minimum absolute atomic E-state index is 0.737. The molecular weight excluding hydrogens is 144 g/mol. The first-order chi connectivity index (χ1) is 4.56. The summed E-state index contributed by atoms with van der Waals surface area (Å²) in [6.45, 7) is 9.20. The van der Waals surface area contributed by atoms with Gasteiger partial charge in [-0.05, 0) is 26.1 Å². The highest BCUT2D eigenvalue weighted by Gasteiger charge is 2.15. The van der Waals surface area contributed by atoms with Gasteiger partial charge in [0.1, 0.15) is 0 Å². The monoisotopic (exact) mass is 162 g/mol. The summed E-state index contributed by atoms with van der Waals surface area (Å²) < 4.78 is 5.17. The first-order valence-electron chi connectivity index (χ1n) is 3.87. The molecule has 0 unspecified atom stereocenters. The van der Waals surface area contributed by atoms with E-state index in [1.807, 2.05) is 0 Å². The molecule has 3 heteroatoms. The number of hydrogen-bond donors (Lipinski definition) is 0. The van der Waals surface area contributed by atoms with Gasteiger partial charge in [-0.15, -0.1) is 0 Å². The van der Waals surface area contributed by atoms with Gasteiger partial charge in [-0.1, -0.05) is 13.3 Å². The van der Waals surface area contributed by atoms with Gasteiger partial charge in [0, 0.05) is 0 Å². The lowest BCUT2D eigenvalue weighted by Gasteiger charge is -2.14. The maximum absolute atomic E-state index is 5.17. The zero-order valence-electron chi connectivity index (χ0n) is 7.44. The summed E-state index contributed by atoms with van der Waals surface area (Å²) in [5.41, 5.74) is 0. The molecule has 62 valence electrons. The molecule has 2 nitrogen and oxygen atoms in total. The Morgan fingerprint density at radius 1 is 1.20 bits per heavy atom. The van der Waals surface area contributed by atoms with E-state index in [2.05, 4.69) is 26.6 Å². The molecule has 0 atom stereocenters. The second-order valence-corrected chi connectivity index (χ2v) is 7.76. The van der Waals surface area contributed by atoms with Crippen LogP contribution in [0.5, 0.6) is 0 Å². The van der Waals surface area contributed by atoms with Gasteiger partial charge in [0.05, 0.1) is 6.61 Å². The molecule has 0 aromatic heterocycles. The van der Waals surface area contributed by atoms with Crippen LogP contribution >= 0.6 is 0 Å². The third-order valence-corrected chi connectivity index (χ3v) is 1.51. The molecule has 0 amide bonds. The molecule has 0 rings (SSSR count). The van der Waals surface area contributed by atoms with Crippen molar-refractivity contribution in [2.75, 3.05) is 6.61 Å². The van der Waals surface area contributed by atoms with E-state index in [0.29, 0.717) is 0 Å². The van der Waals surface area contributed by atoms with Crippen LogP contribution in [0.15, 0.2) is 0 Å². The number of unbranched alkanes of at least 4 members (excludes halogenated alkanes) is 1. The molecule has 0 radical (unpaired) electrons. The largest absolute Gasteiger partial charge is 0.287 e. The molecule has 0 bridgehead atoms. The Bertz CT molecular complexity index is 78.2. The fraction of sp³-hybridized carbons (Fsp3) is 1.00. The van der Waals surface area contributed by atoms with E-state index >= 15 is 0 Å². The normalized spacial score (nSPS) is 12.0. The highest BCUT2D eigenvalue weighted by molar-refractivity contribution is 6.69. The Labute approximate surface area is 64.6 Å². The van der Waals surface area contributed by atoms with Crippen molar-refractivity contribution in [1.82, 2.24) is 0 Å². The zero-order valence-corrected chi connectivity index (χ0v) is 8.44. The van der Waals surface area contributed by atoms with Crippen molar-refractivity contribution in [3.8, 4) is 0 Å². The zero-order chi connectivity index (χ0) is 8.04. The molecule has 0 aliphatic rings. The van der Waals surface area contributed by atoms with E-state index in [9.17, 15) is 0 Å². The van der Waals surface area contributed by atoms with Gasteiger partial charge in [-0.3, -0.25) is 4.58 Å². The summed E-state index contributed by atoms with van der Waals surface area (Å²) in [6, 6.07) is 0. The molecule has 10 heavy (non-hydrogen) atoms. The molecule has 0 aliphatic heterocycles. The Morgan fingerprint density at radius 2 is 1.80 bits per heavy atom. The quantitative estimate of drug-likeness (QED) is 0.268. The van der Waals surface area contributed by atoms with E-state index in [0.717, 1.165) is 19.4 Å². The molecule has 0 saturated heterocycles. The van der Waals surface area contributed by atoms with Gasteiger partial charge in [-0.25, -0.2) is 4.89 Å². The van der Waals surface area contributed by atoms with E-state index in [-0.39, 0.29) is 0 Å². The summed E-state index contributed by atoms with van der Waals surface area (Å²) in [5.74, 6) is 0. The van der Waals surface area contributed by atoms with Gasteiger partial charge in [0.15, 0.2) is 0 Å². The number of rotatable bonds is 5. The average molecular weight is 162 g/mol. The highest BCUT2D eigenvalue weighted by atomic mass is 28.4. The molecular formula is C7H18O2Si. The van der Waals surface area contributed by atoms with Crippen molar-refractivity contribution in [2.45, 2.75) is 39.4 Å². The first-order valence-corrected chi connectivity index (χ1v) is 7.27. The van der Waals surface area contributed by atoms with Crippen LogP contribution in [0, 0.1) is 0 Å². The van der Waals surface area contributed by atoms with Crippen LogP contribution in [0.3, 0.4) is 0 Å². The molecule has 0 fully saturated rings. The van der Waals surface area contributed by atoms with Crippen LogP contribution in [0.4, 0.5) is 0 Å². The Kier molecular flexibility index (Phi) is 4.94. The molecule has 0 aromatic rings. The lowest BCUT2D eigenvalue weighted by Crippen LogP contribution is -2.25. The fourth-order valence-electron chi connectivity index (χ4n) is 0.422. The average Bonchev–Trinajstić information content (AvgIpc) is 1.78. The molecule has 0 aromatic carbocycles. The summed E-state index contributed by atoms with van der Waals surface area (Å²) >= 11 is 0. The van der Waals surface area contributed by atoms with Crippen LogP contribution in [-0.2, 0) is 9.46 Å². The topological polar surface area (TPSA) is 18.5 Å². The van der Waals surface area contributed by atoms with Crippen molar-refractivity contribution in [3.05, 3.63) is 0 Å². The van der Waals surface area contributed by atoms with E-state index in [1.54, 1.807) is 0 Å². The summed E-state index contributed by atoms with van der Waals surface area (Å²) in [5, 5.41) is 0. The summed E-state index contributed by atoms with van der Waals surface area (Å²) in [6.07, 6.45) is 2.25. The van der Waals surface area contributed by atoms with Gasteiger partial charge < -0.3 is 0 Å². The lowest BCUT2D eigenvalue weighted by molar-refractivity contribution is -0.217. The van der Waals surface area contributed by atoms with E-state index in [1.165, 1.54) is 0 Å². The maximum atomic E-state index is 5.17. The lowest BCUT2D eigenvalue weighted by atomic mass is 10.4. The van der Waals surface area contributed by atoms with Gasteiger partial charge in [0.2, 0.25) is 8.32 Å². The molecule has 0 heterocycles. The van der Waals surface area contributed by atoms with Gasteiger partial charge in [0.25, 0.3) is 0 Å².